The van der Waals surface area contributed by atoms with Crippen LogP contribution in [0.3, 0.4) is 0 Å². The predicted octanol–water partition coefficient (Wildman–Crippen LogP) is 5.52. The summed E-state index contributed by atoms with van der Waals surface area (Å²) in [4.78, 5) is 26.0. The molecule has 0 saturated carbocycles. The number of carbonyl (C=O) groups is 2. The van der Waals surface area contributed by atoms with Crippen LogP contribution in [0.25, 0.3) is 0 Å². The van der Waals surface area contributed by atoms with E-state index in [4.69, 9.17) is 8.85 Å². The van der Waals surface area contributed by atoms with Gasteiger partial charge >= 0.3 is 11.9 Å². The van der Waals surface area contributed by atoms with Gasteiger partial charge in [0.15, 0.2) is 0 Å². The molecule has 0 amide bonds. The Balaban J connectivity index is 1.19. The SMILES string of the molecule is O=C(O[SiH2]CCCC[SiH2]OC(=O)C(c1ccccc1)c1ccccc1)C(c1ccccc1)c1ccccc1. The number of rotatable bonds is 13. The van der Waals surface area contributed by atoms with Crippen molar-refractivity contribution in [1.29, 1.82) is 0 Å². The zero-order valence-electron chi connectivity index (χ0n) is 21.6. The van der Waals surface area contributed by atoms with E-state index in [-0.39, 0.29) is 23.8 Å². The summed E-state index contributed by atoms with van der Waals surface area (Å²) in [6.45, 7) is 0. The highest BCUT2D eigenvalue weighted by Gasteiger charge is 2.24. The third-order valence-electron chi connectivity index (χ3n) is 6.53. The van der Waals surface area contributed by atoms with Gasteiger partial charge in [-0.05, 0) is 34.3 Å². The van der Waals surface area contributed by atoms with E-state index in [0.717, 1.165) is 47.2 Å². The van der Waals surface area contributed by atoms with Crippen molar-refractivity contribution in [1.82, 2.24) is 0 Å². The van der Waals surface area contributed by atoms with Crippen LogP contribution >= 0.6 is 0 Å². The van der Waals surface area contributed by atoms with Gasteiger partial charge in [-0.3, -0.25) is 9.59 Å². The molecule has 0 atom stereocenters. The monoisotopic (exact) mass is 538 g/mol. The van der Waals surface area contributed by atoms with Gasteiger partial charge in [-0.25, -0.2) is 0 Å². The minimum absolute atomic E-state index is 0.162. The molecule has 0 unspecified atom stereocenters. The fourth-order valence-corrected chi connectivity index (χ4v) is 6.72. The van der Waals surface area contributed by atoms with Crippen molar-refractivity contribution in [2.75, 3.05) is 0 Å². The van der Waals surface area contributed by atoms with Crippen LogP contribution in [0, 0.1) is 0 Å². The smallest absolute Gasteiger partial charge is 0.304 e. The van der Waals surface area contributed by atoms with Crippen LogP contribution in [0.4, 0.5) is 0 Å². The third kappa shape index (κ3) is 7.87. The molecule has 4 rings (SSSR count). The molecule has 4 aromatic carbocycles. The molecule has 0 aromatic heterocycles. The van der Waals surface area contributed by atoms with E-state index in [1.54, 1.807) is 0 Å². The molecule has 0 aliphatic heterocycles. The highest BCUT2D eigenvalue weighted by atomic mass is 28.2. The number of hydrogen-bond donors (Lipinski definition) is 0. The first-order chi connectivity index (χ1) is 18.7. The van der Waals surface area contributed by atoms with Gasteiger partial charge in [0.1, 0.15) is 11.8 Å². The first-order valence-electron chi connectivity index (χ1n) is 13.3. The van der Waals surface area contributed by atoms with Crippen LogP contribution < -0.4 is 0 Å². The van der Waals surface area contributed by atoms with Gasteiger partial charge in [0.25, 0.3) is 0 Å². The first-order valence-corrected chi connectivity index (χ1v) is 16.4. The maximum atomic E-state index is 13.0. The largest absolute Gasteiger partial charge is 0.524 e. The average molecular weight is 539 g/mol. The Morgan fingerprint density at radius 3 is 1.00 bits per heavy atom. The molecule has 0 saturated heterocycles. The van der Waals surface area contributed by atoms with E-state index in [1.165, 1.54) is 0 Å². The van der Waals surface area contributed by atoms with Gasteiger partial charge < -0.3 is 8.85 Å². The zero-order chi connectivity index (χ0) is 26.4. The molecule has 4 nitrogen and oxygen atoms in total. The van der Waals surface area contributed by atoms with Crippen molar-refractivity contribution in [3.8, 4) is 0 Å². The van der Waals surface area contributed by atoms with Gasteiger partial charge in [-0.15, -0.1) is 0 Å². The molecule has 0 N–H and O–H groups in total. The fraction of sp³-hybridized carbons (Fsp3) is 0.188. The minimum atomic E-state index is -0.963. The standard InChI is InChI=1S/C32H34O4Si2/c33-31(29(25-15-5-1-6-16-25)26-17-7-2-8-18-26)35-37-23-13-14-24-38-36-32(34)30(27-19-9-3-10-20-27)28-21-11-4-12-22-28/h1-12,15-22,29-30H,13-14,23-24,37-38H2. The molecule has 0 aliphatic carbocycles. The lowest BCUT2D eigenvalue weighted by atomic mass is 9.91. The van der Waals surface area contributed by atoms with Gasteiger partial charge in [0, 0.05) is 0 Å². The highest BCUT2D eigenvalue weighted by Crippen LogP contribution is 2.27. The summed E-state index contributed by atoms with van der Waals surface area (Å²) in [5, 5.41) is 0. The average Bonchev–Trinajstić information content (AvgIpc) is 2.97. The summed E-state index contributed by atoms with van der Waals surface area (Å²) >= 11 is 0. The van der Waals surface area contributed by atoms with Crippen molar-refractivity contribution >= 4 is 31.5 Å². The molecule has 0 fully saturated rings. The summed E-state index contributed by atoms with van der Waals surface area (Å²) in [6.07, 6.45) is 1.98. The number of unbranched alkanes of at least 4 members (excludes halogenated alkanes) is 1. The Morgan fingerprint density at radius 2 is 0.737 bits per heavy atom. The van der Waals surface area contributed by atoms with Crippen LogP contribution in [0.5, 0.6) is 0 Å². The fourth-order valence-electron chi connectivity index (χ4n) is 4.58. The quantitative estimate of drug-likeness (QED) is 0.166. The van der Waals surface area contributed by atoms with Crippen molar-refractivity contribution in [2.45, 2.75) is 36.8 Å². The van der Waals surface area contributed by atoms with Gasteiger partial charge in [0.05, 0.1) is 0 Å². The van der Waals surface area contributed by atoms with Gasteiger partial charge in [0.2, 0.25) is 19.5 Å². The summed E-state index contributed by atoms with van der Waals surface area (Å²) < 4.78 is 11.6. The van der Waals surface area contributed by atoms with Crippen LogP contribution in [0.1, 0.15) is 46.9 Å². The van der Waals surface area contributed by atoms with E-state index in [9.17, 15) is 9.59 Å². The van der Waals surface area contributed by atoms with Crippen LogP contribution in [0.15, 0.2) is 121 Å². The maximum absolute atomic E-state index is 13.0. The van der Waals surface area contributed by atoms with E-state index >= 15 is 0 Å². The van der Waals surface area contributed by atoms with Crippen molar-refractivity contribution in [2.24, 2.45) is 0 Å². The molecule has 0 aliphatic rings. The van der Waals surface area contributed by atoms with Crippen LogP contribution in [-0.2, 0) is 18.4 Å². The summed E-state index contributed by atoms with van der Waals surface area (Å²) in [7, 11) is -1.93. The first kappa shape index (κ1) is 27.3. The van der Waals surface area contributed by atoms with Crippen molar-refractivity contribution in [3.63, 3.8) is 0 Å². The second-order valence-corrected chi connectivity index (χ2v) is 12.1. The van der Waals surface area contributed by atoms with E-state index in [2.05, 4.69) is 0 Å². The Morgan fingerprint density at radius 1 is 0.474 bits per heavy atom. The molecule has 4 aromatic rings. The Bertz CT molecular complexity index is 1070. The predicted molar refractivity (Wildman–Crippen MR) is 158 cm³/mol. The lowest BCUT2D eigenvalue weighted by Gasteiger charge is -2.18. The molecule has 0 bridgehead atoms. The number of carbonyl (C=O) groups excluding carboxylic acids is 2. The van der Waals surface area contributed by atoms with Crippen molar-refractivity contribution < 1.29 is 18.4 Å². The van der Waals surface area contributed by atoms with Gasteiger partial charge in [-0.1, -0.05) is 134 Å². The molecule has 194 valence electrons. The summed E-state index contributed by atoms with van der Waals surface area (Å²) in [5.74, 6) is -1.10. The second kappa shape index (κ2) is 14.9. The van der Waals surface area contributed by atoms with E-state index in [1.807, 2.05) is 121 Å². The highest BCUT2D eigenvalue weighted by molar-refractivity contribution is 6.31. The molecule has 6 heteroatoms. The molecule has 38 heavy (non-hydrogen) atoms. The van der Waals surface area contributed by atoms with Gasteiger partial charge in [-0.2, -0.15) is 0 Å². The molecular formula is C32H34O4Si2. The third-order valence-corrected chi connectivity index (χ3v) is 9.08. The van der Waals surface area contributed by atoms with E-state index in [0.29, 0.717) is 0 Å². The lowest BCUT2D eigenvalue weighted by molar-refractivity contribution is -0.136. The zero-order valence-corrected chi connectivity index (χ0v) is 24.4. The Kier molecular flexibility index (Phi) is 10.7. The maximum Gasteiger partial charge on any atom is 0.304 e. The Hall–Kier alpha value is -3.75. The molecule has 0 radical (unpaired) electrons. The van der Waals surface area contributed by atoms with Crippen molar-refractivity contribution in [3.05, 3.63) is 144 Å². The molecule has 0 heterocycles. The van der Waals surface area contributed by atoms with Crippen LogP contribution in [-0.4, -0.2) is 31.5 Å². The number of hydrogen-bond acceptors (Lipinski definition) is 4. The molecular weight excluding hydrogens is 505 g/mol. The Labute approximate surface area is 229 Å². The van der Waals surface area contributed by atoms with Crippen LogP contribution in [0.2, 0.25) is 12.1 Å². The van der Waals surface area contributed by atoms with E-state index < -0.39 is 19.5 Å². The summed E-state index contributed by atoms with van der Waals surface area (Å²) in [6, 6.07) is 41.1. The number of benzene rings is 4. The minimum Gasteiger partial charge on any atom is -0.524 e. The molecule has 0 spiro atoms. The second-order valence-electron chi connectivity index (χ2n) is 9.26. The topological polar surface area (TPSA) is 52.6 Å². The summed E-state index contributed by atoms with van der Waals surface area (Å²) in [5.41, 5.74) is 3.81. The normalized spacial score (nSPS) is 11.5. The lowest BCUT2D eigenvalue weighted by Crippen LogP contribution is -2.19.